The summed E-state index contributed by atoms with van der Waals surface area (Å²) in [7, 11) is 0. The summed E-state index contributed by atoms with van der Waals surface area (Å²) < 4.78 is 0. The standard InChI is InChI=1S/C15H30N2O2/c1-12(10-13(2)18)11-16-15(19)14(3)17-8-6-4-5-7-9-17/h12-14,18H,4-11H2,1-3H3,(H,16,19). The Morgan fingerprint density at radius 1 is 1.16 bits per heavy atom. The van der Waals surface area contributed by atoms with Crippen LogP contribution < -0.4 is 5.32 Å². The van der Waals surface area contributed by atoms with Gasteiger partial charge >= 0.3 is 0 Å². The predicted molar refractivity (Wildman–Crippen MR) is 78.0 cm³/mol. The molecule has 0 spiro atoms. The molecule has 3 atom stereocenters. The second-order valence-corrected chi connectivity index (χ2v) is 6.06. The van der Waals surface area contributed by atoms with E-state index >= 15 is 0 Å². The Kier molecular flexibility index (Phi) is 7.39. The summed E-state index contributed by atoms with van der Waals surface area (Å²) in [5, 5.41) is 12.3. The Balaban J connectivity index is 2.31. The van der Waals surface area contributed by atoms with Crippen LogP contribution in [0.2, 0.25) is 0 Å². The van der Waals surface area contributed by atoms with Gasteiger partial charge in [-0.15, -0.1) is 0 Å². The Labute approximate surface area is 117 Å². The first-order chi connectivity index (χ1) is 9.00. The van der Waals surface area contributed by atoms with E-state index in [2.05, 4.69) is 17.1 Å². The topological polar surface area (TPSA) is 52.6 Å². The number of hydrogen-bond acceptors (Lipinski definition) is 3. The van der Waals surface area contributed by atoms with Gasteiger partial charge in [-0.2, -0.15) is 0 Å². The lowest BCUT2D eigenvalue weighted by molar-refractivity contribution is -0.126. The van der Waals surface area contributed by atoms with E-state index in [4.69, 9.17) is 0 Å². The first-order valence-corrected chi connectivity index (χ1v) is 7.70. The Hall–Kier alpha value is -0.610. The highest BCUT2D eigenvalue weighted by Gasteiger charge is 2.22. The molecule has 1 aliphatic heterocycles. The molecule has 0 radical (unpaired) electrons. The molecule has 3 unspecified atom stereocenters. The second-order valence-electron chi connectivity index (χ2n) is 6.06. The third kappa shape index (κ3) is 6.39. The molecule has 0 saturated carbocycles. The van der Waals surface area contributed by atoms with Crippen LogP contribution in [0.25, 0.3) is 0 Å². The fourth-order valence-corrected chi connectivity index (χ4v) is 2.74. The maximum Gasteiger partial charge on any atom is 0.237 e. The van der Waals surface area contributed by atoms with Gasteiger partial charge in [0.15, 0.2) is 0 Å². The van der Waals surface area contributed by atoms with Crippen molar-refractivity contribution in [1.29, 1.82) is 0 Å². The Bertz CT molecular complexity index is 261. The molecule has 1 saturated heterocycles. The van der Waals surface area contributed by atoms with Gasteiger partial charge in [0.2, 0.25) is 5.91 Å². The zero-order valence-electron chi connectivity index (χ0n) is 12.7. The minimum absolute atomic E-state index is 0.0307. The van der Waals surface area contributed by atoms with E-state index in [1.54, 1.807) is 6.92 Å². The van der Waals surface area contributed by atoms with Crippen molar-refractivity contribution in [3.63, 3.8) is 0 Å². The highest BCUT2D eigenvalue weighted by molar-refractivity contribution is 5.81. The molecule has 0 aromatic rings. The molecule has 1 fully saturated rings. The van der Waals surface area contributed by atoms with Crippen molar-refractivity contribution in [2.45, 2.75) is 65.0 Å². The number of nitrogens with one attached hydrogen (secondary N) is 1. The molecule has 1 heterocycles. The fourth-order valence-electron chi connectivity index (χ4n) is 2.74. The smallest absolute Gasteiger partial charge is 0.237 e. The molecule has 1 amide bonds. The molecule has 1 aliphatic rings. The summed E-state index contributed by atoms with van der Waals surface area (Å²) in [6.45, 7) is 8.58. The van der Waals surface area contributed by atoms with Gasteiger partial charge in [0.25, 0.3) is 0 Å². The van der Waals surface area contributed by atoms with Gasteiger partial charge in [-0.05, 0) is 52.1 Å². The van der Waals surface area contributed by atoms with Crippen LogP contribution in [0.3, 0.4) is 0 Å². The number of hydrogen-bond donors (Lipinski definition) is 2. The van der Waals surface area contributed by atoms with Gasteiger partial charge in [-0.25, -0.2) is 0 Å². The average Bonchev–Trinajstić information content (AvgIpc) is 2.63. The van der Waals surface area contributed by atoms with Crippen molar-refractivity contribution in [3.8, 4) is 0 Å². The van der Waals surface area contributed by atoms with Gasteiger partial charge in [-0.3, -0.25) is 9.69 Å². The maximum absolute atomic E-state index is 12.1. The van der Waals surface area contributed by atoms with Crippen molar-refractivity contribution in [2.75, 3.05) is 19.6 Å². The number of likely N-dealkylation sites (tertiary alicyclic amines) is 1. The Morgan fingerprint density at radius 2 is 1.74 bits per heavy atom. The molecule has 112 valence electrons. The number of aliphatic hydroxyl groups excluding tert-OH is 1. The van der Waals surface area contributed by atoms with Crippen molar-refractivity contribution in [3.05, 3.63) is 0 Å². The SMILES string of the molecule is CC(O)CC(C)CNC(=O)C(C)N1CCCCCC1. The van der Waals surface area contributed by atoms with E-state index in [1.807, 2.05) is 6.92 Å². The van der Waals surface area contributed by atoms with Crippen LogP contribution >= 0.6 is 0 Å². The average molecular weight is 270 g/mol. The molecular formula is C15H30N2O2. The lowest BCUT2D eigenvalue weighted by atomic mass is 10.0. The first-order valence-electron chi connectivity index (χ1n) is 7.70. The summed E-state index contributed by atoms with van der Waals surface area (Å²) in [4.78, 5) is 14.4. The summed E-state index contributed by atoms with van der Waals surface area (Å²) >= 11 is 0. The van der Waals surface area contributed by atoms with E-state index in [0.29, 0.717) is 12.5 Å². The molecule has 2 N–H and O–H groups in total. The molecule has 0 aromatic heterocycles. The molecule has 19 heavy (non-hydrogen) atoms. The van der Waals surface area contributed by atoms with Crippen LogP contribution in [0.5, 0.6) is 0 Å². The quantitative estimate of drug-likeness (QED) is 0.773. The zero-order valence-corrected chi connectivity index (χ0v) is 12.7. The molecule has 0 bridgehead atoms. The van der Waals surface area contributed by atoms with Crippen LogP contribution in [0.4, 0.5) is 0 Å². The number of amides is 1. The fraction of sp³-hybridized carbons (Fsp3) is 0.933. The zero-order chi connectivity index (χ0) is 14.3. The van der Waals surface area contributed by atoms with Gasteiger partial charge in [0.05, 0.1) is 12.1 Å². The van der Waals surface area contributed by atoms with Crippen LogP contribution in [0, 0.1) is 5.92 Å². The van der Waals surface area contributed by atoms with Crippen molar-refractivity contribution >= 4 is 5.91 Å². The molecule has 0 aliphatic carbocycles. The van der Waals surface area contributed by atoms with Crippen molar-refractivity contribution in [2.24, 2.45) is 5.92 Å². The third-order valence-corrected chi connectivity index (χ3v) is 3.94. The lowest BCUT2D eigenvalue weighted by Crippen LogP contribution is -2.46. The number of carbonyl (C=O) groups is 1. The molecule has 4 heteroatoms. The van der Waals surface area contributed by atoms with E-state index < -0.39 is 0 Å². The number of carbonyl (C=O) groups excluding carboxylic acids is 1. The monoisotopic (exact) mass is 270 g/mol. The van der Waals surface area contributed by atoms with E-state index in [-0.39, 0.29) is 18.1 Å². The molecule has 4 nitrogen and oxygen atoms in total. The first kappa shape index (κ1) is 16.4. The minimum Gasteiger partial charge on any atom is -0.393 e. The van der Waals surface area contributed by atoms with E-state index in [1.165, 1.54) is 25.7 Å². The van der Waals surface area contributed by atoms with Gasteiger partial charge in [-0.1, -0.05) is 19.8 Å². The van der Waals surface area contributed by atoms with Gasteiger partial charge < -0.3 is 10.4 Å². The number of rotatable bonds is 6. The highest BCUT2D eigenvalue weighted by atomic mass is 16.3. The molecule has 1 rings (SSSR count). The van der Waals surface area contributed by atoms with Crippen molar-refractivity contribution in [1.82, 2.24) is 10.2 Å². The van der Waals surface area contributed by atoms with E-state index in [0.717, 1.165) is 19.5 Å². The van der Waals surface area contributed by atoms with E-state index in [9.17, 15) is 9.90 Å². The van der Waals surface area contributed by atoms with Crippen LogP contribution in [0.15, 0.2) is 0 Å². The summed E-state index contributed by atoms with van der Waals surface area (Å²) in [5.74, 6) is 0.444. The molecular weight excluding hydrogens is 240 g/mol. The second kappa shape index (κ2) is 8.54. The largest absolute Gasteiger partial charge is 0.393 e. The normalized spacial score (nSPS) is 22.3. The van der Waals surface area contributed by atoms with Crippen LogP contribution in [-0.4, -0.2) is 47.7 Å². The summed E-state index contributed by atoms with van der Waals surface area (Å²) in [6.07, 6.45) is 5.42. The Morgan fingerprint density at radius 3 is 2.26 bits per heavy atom. The lowest BCUT2D eigenvalue weighted by Gasteiger charge is -2.27. The summed E-state index contributed by atoms with van der Waals surface area (Å²) in [6, 6.07) is -0.0307. The highest BCUT2D eigenvalue weighted by Crippen LogP contribution is 2.12. The van der Waals surface area contributed by atoms with Crippen molar-refractivity contribution < 1.29 is 9.90 Å². The third-order valence-electron chi connectivity index (χ3n) is 3.94. The van der Waals surface area contributed by atoms with Crippen LogP contribution in [-0.2, 0) is 4.79 Å². The summed E-state index contributed by atoms with van der Waals surface area (Å²) in [5.41, 5.74) is 0. The maximum atomic E-state index is 12.1. The van der Waals surface area contributed by atoms with Gasteiger partial charge in [0, 0.05) is 6.54 Å². The number of aliphatic hydroxyl groups is 1. The molecule has 0 aromatic carbocycles. The van der Waals surface area contributed by atoms with Crippen LogP contribution in [0.1, 0.15) is 52.9 Å². The van der Waals surface area contributed by atoms with Gasteiger partial charge in [0.1, 0.15) is 0 Å². The number of nitrogens with zero attached hydrogens (tertiary/aromatic N) is 1. The predicted octanol–water partition coefficient (Wildman–Crippen LogP) is 1.77. The minimum atomic E-state index is -0.296.